The number of nitrogens with one attached hydrogen (secondary N) is 1. The highest BCUT2D eigenvalue weighted by Gasteiger charge is 2.14. The van der Waals surface area contributed by atoms with E-state index in [1.165, 1.54) is 62.5 Å². The predicted octanol–water partition coefficient (Wildman–Crippen LogP) is 8.66. The minimum atomic E-state index is -0.191. The molecule has 0 saturated carbocycles. The van der Waals surface area contributed by atoms with Crippen molar-refractivity contribution >= 4 is 5.91 Å². The topological polar surface area (TPSA) is 29.1 Å². The fourth-order valence-corrected chi connectivity index (χ4v) is 4.17. The van der Waals surface area contributed by atoms with Gasteiger partial charge in [-0.25, -0.2) is 0 Å². The van der Waals surface area contributed by atoms with Crippen LogP contribution >= 0.6 is 0 Å². The molecule has 1 N–H and O–H groups in total. The molecule has 0 saturated heterocycles. The van der Waals surface area contributed by atoms with Gasteiger partial charge in [-0.3, -0.25) is 4.79 Å². The van der Waals surface area contributed by atoms with Gasteiger partial charge in [-0.2, -0.15) is 0 Å². The standard InChI is InChI=1S/C33H45NO/c1-3-4-5-6-7-8-9-10-11-12-13-14-15-16-20-23-33(35)34-32(31-21-18-17-19-22-31)28-30-26-24-29(2)25-27-30/h10-11,17-19,21-22,24-27,32H,3-9,12-16,28H2,1-2H3,(H,34,35). The Hall–Kier alpha value is -2.79. The van der Waals surface area contributed by atoms with Crippen molar-refractivity contribution in [1.29, 1.82) is 0 Å². The van der Waals surface area contributed by atoms with Gasteiger partial charge in [-0.15, -0.1) is 0 Å². The van der Waals surface area contributed by atoms with Crippen LogP contribution in [-0.2, 0) is 11.2 Å². The number of aryl methyl sites for hydroxylation is 1. The number of hydrogen-bond donors (Lipinski definition) is 1. The van der Waals surface area contributed by atoms with Crippen LogP contribution in [0.25, 0.3) is 0 Å². The van der Waals surface area contributed by atoms with Crippen LogP contribution in [0.3, 0.4) is 0 Å². The second-order valence-corrected chi connectivity index (χ2v) is 9.56. The zero-order valence-corrected chi connectivity index (χ0v) is 22.0. The average Bonchev–Trinajstić information content (AvgIpc) is 2.88. The van der Waals surface area contributed by atoms with Gasteiger partial charge in [0.1, 0.15) is 0 Å². The summed E-state index contributed by atoms with van der Waals surface area (Å²) in [6.45, 7) is 4.35. The Kier molecular flexibility index (Phi) is 15.1. The minimum absolute atomic E-state index is 0.0798. The number of carbonyl (C=O) groups excluding carboxylic acids is 1. The van der Waals surface area contributed by atoms with Gasteiger partial charge in [0, 0.05) is 6.42 Å². The van der Waals surface area contributed by atoms with Crippen molar-refractivity contribution in [2.24, 2.45) is 0 Å². The number of carbonyl (C=O) groups is 1. The van der Waals surface area contributed by atoms with Gasteiger partial charge in [0.2, 0.25) is 0 Å². The highest BCUT2D eigenvalue weighted by Crippen LogP contribution is 2.19. The Bertz CT molecular complexity index is 902. The maximum absolute atomic E-state index is 12.5. The van der Waals surface area contributed by atoms with E-state index in [0.29, 0.717) is 0 Å². The van der Waals surface area contributed by atoms with Crippen LogP contribution in [0.2, 0.25) is 0 Å². The molecular weight excluding hydrogens is 426 g/mol. The summed E-state index contributed by atoms with van der Waals surface area (Å²) in [5, 5.41) is 3.12. The smallest absolute Gasteiger partial charge is 0.296 e. The van der Waals surface area contributed by atoms with Crippen molar-refractivity contribution in [1.82, 2.24) is 5.32 Å². The van der Waals surface area contributed by atoms with Crippen LogP contribution in [0.1, 0.15) is 107 Å². The lowest BCUT2D eigenvalue weighted by Crippen LogP contribution is -2.28. The lowest BCUT2D eigenvalue weighted by Gasteiger charge is -2.18. The fourth-order valence-electron chi connectivity index (χ4n) is 4.17. The highest BCUT2D eigenvalue weighted by molar-refractivity contribution is 5.93. The van der Waals surface area contributed by atoms with E-state index >= 15 is 0 Å². The lowest BCUT2D eigenvalue weighted by atomic mass is 9.98. The van der Waals surface area contributed by atoms with Gasteiger partial charge >= 0.3 is 0 Å². The van der Waals surface area contributed by atoms with E-state index in [1.807, 2.05) is 18.2 Å². The monoisotopic (exact) mass is 471 g/mol. The van der Waals surface area contributed by atoms with Crippen LogP contribution in [0, 0.1) is 18.8 Å². The minimum Gasteiger partial charge on any atom is -0.338 e. The van der Waals surface area contributed by atoms with E-state index < -0.39 is 0 Å². The molecule has 0 aliphatic carbocycles. The van der Waals surface area contributed by atoms with Crippen LogP contribution < -0.4 is 5.32 Å². The molecule has 1 amide bonds. The number of amides is 1. The molecule has 2 aromatic rings. The van der Waals surface area contributed by atoms with E-state index in [0.717, 1.165) is 37.7 Å². The average molecular weight is 472 g/mol. The predicted molar refractivity (Wildman–Crippen MR) is 150 cm³/mol. The van der Waals surface area contributed by atoms with Crippen LogP contribution in [0.15, 0.2) is 66.7 Å². The Morgan fingerprint density at radius 1 is 0.829 bits per heavy atom. The van der Waals surface area contributed by atoms with Crippen molar-refractivity contribution in [3.05, 3.63) is 83.4 Å². The summed E-state index contributed by atoms with van der Waals surface area (Å²) in [6, 6.07) is 18.6. The van der Waals surface area contributed by atoms with E-state index in [-0.39, 0.29) is 11.9 Å². The first kappa shape index (κ1) is 28.4. The molecule has 0 aromatic heterocycles. The van der Waals surface area contributed by atoms with Crippen molar-refractivity contribution in [2.45, 2.75) is 103 Å². The van der Waals surface area contributed by atoms with Gasteiger partial charge < -0.3 is 5.32 Å². The Labute approximate surface area is 214 Å². The summed E-state index contributed by atoms with van der Waals surface area (Å²) in [5.74, 6) is 5.69. The number of hydrogen-bond acceptors (Lipinski definition) is 1. The maximum atomic E-state index is 12.5. The second-order valence-electron chi connectivity index (χ2n) is 9.56. The first-order chi connectivity index (χ1) is 17.2. The largest absolute Gasteiger partial charge is 0.338 e. The van der Waals surface area contributed by atoms with E-state index in [2.05, 4.69) is 79.6 Å². The van der Waals surface area contributed by atoms with Crippen molar-refractivity contribution in [2.75, 3.05) is 0 Å². The van der Waals surface area contributed by atoms with Gasteiger partial charge in [0.05, 0.1) is 6.04 Å². The molecule has 0 spiro atoms. The summed E-state index contributed by atoms with van der Waals surface area (Å²) in [4.78, 5) is 12.5. The number of benzene rings is 2. The second kappa shape index (κ2) is 18.5. The third-order valence-electron chi connectivity index (χ3n) is 6.33. The summed E-state index contributed by atoms with van der Waals surface area (Å²) >= 11 is 0. The quantitative estimate of drug-likeness (QED) is 0.148. The molecular formula is C33H45NO. The van der Waals surface area contributed by atoms with Crippen LogP contribution in [0.4, 0.5) is 0 Å². The van der Waals surface area contributed by atoms with Crippen LogP contribution in [-0.4, -0.2) is 5.91 Å². The molecule has 2 rings (SSSR count). The fraction of sp³-hybridized carbons (Fsp3) is 0.485. The summed E-state index contributed by atoms with van der Waals surface area (Å²) in [6.07, 6.45) is 20.2. The molecule has 0 aliphatic heterocycles. The third-order valence-corrected chi connectivity index (χ3v) is 6.33. The molecule has 1 atom stereocenters. The van der Waals surface area contributed by atoms with Gasteiger partial charge in [0.25, 0.3) is 5.91 Å². The first-order valence-corrected chi connectivity index (χ1v) is 13.7. The zero-order chi connectivity index (χ0) is 25.0. The molecule has 0 heterocycles. The molecule has 0 fully saturated rings. The van der Waals surface area contributed by atoms with E-state index in [4.69, 9.17) is 0 Å². The summed E-state index contributed by atoms with van der Waals surface area (Å²) in [7, 11) is 0. The molecule has 0 bridgehead atoms. The molecule has 35 heavy (non-hydrogen) atoms. The Balaban J connectivity index is 1.64. The molecule has 2 aromatic carbocycles. The van der Waals surface area contributed by atoms with Gasteiger partial charge in [0.15, 0.2) is 0 Å². The molecule has 188 valence electrons. The molecule has 0 aliphatic rings. The normalized spacial score (nSPS) is 11.7. The van der Waals surface area contributed by atoms with Gasteiger partial charge in [-0.05, 0) is 62.5 Å². The van der Waals surface area contributed by atoms with Crippen molar-refractivity contribution in [3.8, 4) is 11.8 Å². The molecule has 2 heteroatoms. The third kappa shape index (κ3) is 13.6. The van der Waals surface area contributed by atoms with E-state index in [9.17, 15) is 4.79 Å². The highest BCUT2D eigenvalue weighted by atomic mass is 16.1. The maximum Gasteiger partial charge on any atom is 0.296 e. The lowest BCUT2D eigenvalue weighted by molar-refractivity contribution is -0.116. The van der Waals surface area contributed by atoms with E-state index in [1.54, 1.807) is 0 Å². The molecule has 1 unspecified atom stereocenters. The number of unbranched alkanes of at least 4 members (excludes halogenated alkanes) is 10. The van der Waals surface area contributed by atoms with Crippen LogP contribution in [0.5, 0.6) is 0 Å². The Morgan fingerprint density at radius 3 is 2.14 bits per heavy atom. The number of rotatable bonds is 16. The zero-order valence-electron chi connectivity index (χ0n) is 22.0. The summed E-state index contributed by atoms with van der Waals surface area (Å²) < 4.78 is 0. The molecule has 2 nitrogen and oxygen atoms in total. The SMILES string of the molecule is CCCCCCCCC=CCCCCCC#CC(=O)NC(Cc1ccc(C)cc1)c1ccccc1. The first-order valence-electron chi connectivity index (χ1n) is 13.7. The van der Waals surface area contributed by atoms with Crippen molar-refractivity contribution in [3.63, 3.8) is 0 Å². The number of allylic oxidation sites excluding steroid dienone is 2. The van der Waals surface area contributed by atoms with Gasteiger partial charge in [-0.1, -0.05) is 124 Å². The molecule has 0 radical (unpaired) electrons. The van der Waals surface area contributed by atoms with Crippen molar-refractivity contribution < 1.29 is 4.79 Å². The Morgan fingerprint density at radius 2 is 1.46 bits per heavy atom. The summed E-state index contributed by atoms with van der Waals surface area (Å²) in [5.41, 5.74) is 3.55.